The van der Waals surface area contributed by atoms with Gasteiger partial charge in [-0.1, -0.05) is 32.4 Å². The van der Waals surface area contributed by atoms with E-state index < -0.39 is 0 Å². The summed E-state index contributed by atoms with van der Waals surface area (Å²) in [6.07, 6.45) is 4.54. The van der Waals surface area contributed by atoms with Gasteiger partial charge < -0.3 is 10.1 Å². The molecule has 0 bridgehead atoms. The molecule has 1 aromatic heterocycles. The molecule has 0 spiro atoms. The first-order valence-electron chi connectivity index (χ1n) is 7.56. The van der Waals surface area contributed by atoms with Crippen LogP contribution in [0.15, 0.2) is 30.6 Å². The second-order valence-corrected chi connectivity index (χ2v) is 5.10. The van der Waals surface area contributed by atoms with Gasteiger partial charge >= 0.3 is 0 Å². The van der Waals surface area contributed by atoms with Crippen LogP contribution in [-0.2, 0) is 6.42 Å². The molecule has 112 valence electrons. The number of rotatable bonds is 7. The Morgan fingerprint density at radius 2 is 2.00 bits per heavy atom. The van der Waals surface area contributed by atoms with Gasteiger partial charge in [0.25, 0.3) is 0 Å². The van der Waals surface area contributed by atoms with E-state index in [9.17, 15) is 0 Å². The molecule has 1 heterocycles. The van der Waals surface area contributed by atoms with Crippen LogP contribution in [0, 0.1) is 6.92 Å². The van der Waals surface area contributed by atoms with Crippen LogP contribution >= 0.6 is 0 Å². The summed E-state index contributed by atoms with van der Waals surface area (Å²) in [5, 5.41) is 3.35. The van der Waals surface area contributed by atoms with Gasteiger partial charge in [0, 0.05) is 6.54 Å². The van der Waals surface area contributed by atoms with Crippen LogP contribution in [0.1, 0.15) is 37.8 Å². The number of nitrogens with one attached hydrogen (secondary N) is 1. The normalized spacial score (nSPS) is 10.4. The summed E-state index contributed by atoms with van der Waals surface area (Å²) in [4.78, 5) is 8.67. The van der Waals surface area contributed by atoms with Crippen molar-refractivity contribution in [1.29, 1.82) is 0 Å². The van der Waals surface area contributed by atoms with Crippen LogP contribution < -0.4 is 10.1 Å². The summed E-state index contributed by atoms with van der Waals surface area (Å²) in [6, 6.07) is 8.00. The zero-order valence-corrected chi connectivity index (χ0v) is 13.0. The van der Waals surface area contributed by atoms with Crippen molar-refractivity contribution < 1.29 is 4.74 Å². The number of ether oxygens (including phenoxy) is 1. The van der Waals surface area contributed by atoms with Crippen molar-refractivity contribution in [1.82, 2.24) is 9.97 Å². The maximum absolute atomic E-state index is 5.97. The summed E-state index contributed by atoms with van der Waals surface area (Å²) in [6.45, 7) is 7.23. The van der Waals surface area contributed by atoms with E-state index >= 15 is 0 Å². The van der Waals surface area contributed by atoms with Crippen molar-refractivity contribution in [3.05, 3.63) is 41.7 Å². The molecule has 0 unspecified atom stereocenters. The third-order valence-electron chi connectivity index (χ3n) is 3.15. The predicted molar refractivity (Wildman–Crippen MR) is 86.1 cm³/mol. The maximum Gasteiger partial charge on any atom is 0.227 e. The molecule has 0 amide bonds. The Morgan fingerprint density at radius 1 is 1.14 bits per heavy atom. The monoisotopic (exact) mass is 285 g/mol. The van der Waals surface area contributed by atoms with E-state index in [2.05, 4.69) is 29.1 Å². The molecule has 0 aliphatic heterocycles. The molecule has 1 N–H and O–H groups in total. The number of hydrogen-bond donors (Lipinski definition) is 1. The summed E-state index contributed by atoms with van der Waals surface area (Å²) in [5.74, 6) is 2.35. The molecule has 1 aromatic carbocycles. The molecule has 4 nitrogen and oxygen atoms in total. The van der Waals surface area contributed by atoms with Crippen molar-refractivity contribution in [2.24, 2.45) is 0 Å². The number of anilines is 1. The lowest BCUT2D eigenvalue weighted by Gasteiger charge is -2.14. The Labute approximate surface area is 126 Å². The number of aryl methyl sites for hydroxylation is 1. The van der Waals surface area contributed by atoms with Crippen molar-refractivity contribution >= 4 is 5.82 Å². The third kappa shape index (κ3) is 4.18. The summed E-state index contributed by atoms with van der Waals surface area (Å²) < 4.78 is 5.97. The second-order valence-electron chi connectivity index (χ2n) is 5.10. The first-order chi connectivity index (χ1) is 10.2. The minimum atomic E-state index is 0.649. The first-order valence-corrected chi connectivity index (χ1v) is 7.56. The fourth-order valence-corrected chi connectivity index (χ4v) is 2.15. The van der Waals surface area contributed by atoms with Gasteiger partial charge in [0.05, 0.1) is 5.56 Å². The van der Waals surface area contributed by atoms with Gasteiger partial charge in [0.15, 0.2) is 0 Å². The predicted octanol–water partition coefficient (Wildman–Crippen LogP) is 4.35. The Bertz CT molecular complexity index is 584. The molecule has 2 aromatic rings. The Balaban J connectivity index is 2.28. The highest BCUT2D eigenvalue weighted by atomic mass is 16.5. The van der Waals surface area contributed by atoms with E-state index in [0.717, 1.165) is 42.9 Å². The molecule has 0 fully saturated rings. The standard InChI is InChI=1S/C17H23N3O/c1-4-7-15-16(18-10-5-2)19-12-20-17(15)21-14-9-6-8-13(3)11-14/h6,8-9,11-12H,4-5,7,10H2,1-3H3,(H,18,19,20). The summed E-state index contributed by atoms with van der Waals surface area (Å²) in [7, 11) is 0. The Hall–Kier alpha value is -2.10. The van der Waals surface area contributed by atoms with E-state index in [1.807, 2.05) is 31.2 Å². The average molecular weight is 285 g/mol. The highest BCUT2D eigenvalue weighted by Crippen LogP contribution is 2.28. The van der Waals surface area contributed by atoms with Crippen LogP contribution in [-0.4, -0.2) is 16.5 Å². The SMILES string of the molecule is CCCNc1ncnc(Oc2cccc(C)c2)c1CCC. The summed E-state index contributed by atoms with van der Waals surface area (Å²) >= 11 is 0. The zero-order valence-electron chi connectivity index (χ0n) is 13.0. The van der Waals surface area contributed by atoms with Crippen LogP contribution in [0.5, 0.6) is 11.6 Å². The topological polar surface area (TPSA) is 47.0 Å². The largest absolute Gasteiger partial charge is 0.439 e. The number of nitrogens with zero attached hydrogens (tertiary/aromatic N) is 2. The van der Waals surface area contributed by atoms with Crippen LogP contribution in [0.3, 0.4) is 0 Å². The molecule has 0 atom stereocenters. The van der Waals surface area contributed by atoms with E-state index in [-0.39, 0.29) is 0 Å². The van der Waals surface area contributed by atoms with Crippen LogP contribution in [0.25, 0.3) is 0 Å². The van der Waals surface area contributed by atoms with Gasteiger partial charge in [-0.25, -0.2) is 9.97 Å². The zero-order chi connectivity index (χ0) is 15.1. The van der Waals surface area contributed by atoms with Crippen molar-refractivity contribution in [3.8, 4) is 11.6 Å². The van der Waals surface area contributed by atoms with E-state index in [1.165, 1.54) is 5.56 Å². The van der Waals surface area contributed by atoms with E-state index in [4.69, 9.17) is 4.74 Å². The molecule has 21 heavy (non-hydrogen) atoms. The molecule has 0 saturated heterocycles. The highest BCUT2D eigenvalue weighted by Gasteiger charge is 2.12. The minimum Gasteiger partial charge on any atom is -0.439 e. The fourth-order valence-electron chi connectivity index (χ4n) is 2.15. The second kappa shape index (κ2) is 7.62. The molecular weight excluding hydrogens is 262 g/mol. The third-order valence-corrected chi connectivity index (χ3v) is 3.15. The minimum absolute atomic E-state index is 0.649. The molecule has 0 aliphatic carbocycles. The number of benzene rings is 1. The van der Waals surface area contributed by atoms with Crippen molar-refractivity contribution in [2.45, 2.75) is 40.0 Å². The van der Waals surface area contributed by atoms with Gasteiger partial charge in [-0.05, 0) is 37.5 Å². The van der Waals surface area contributed by atoms with Gasteiger partial charge in [-0.15, -0.1) is 0 Å². The number of aromatic nitrogens is 2. The van der Waals surface area contributed by atoms with E-state index in [1.54, 1.807) is 6.33 Å². The lowest BCUT2D eigenvalue weighted by molar-refractivity contribution is 0.454. The molecular formula is C17H23N3O. The smallest absolute Gasteiger partial charge is 0.227 e. The van der Waals surface area contributed by atoms with Gasteiger partial charge in [-0.2, -0.15) is 0 Å². The van der Waals surface area contributed by atoms with Gasteiger partial charge in [0.1, 0.15) is 17.9 Å². The van der Waals surface area contributed by atoms with Gasteiger partial charge in [-0.3, -0.25) is 0 Å². The molecule has 0 saturated carbocycles. The number of hydrogen-bond acceptors (Lipinski definition) is 4. The lowest BCUT2D eigenvalue weighted by Crippen LogP contribution is -2.07. The van der Waals surface area contributed by atoms with Crippen LogP contribution in [0.2, 0.25) is 0 Å². The van der Waals surface area contributed by atoms with Crippen molar-refractivity contribution in [2.75, 3.05) is 11.9 Å². The highest BCUT2D eigenvalue weighted by molar-refractivity contribution is 5.50. The van der Waals surface area contributed by atoms with Crippen molar-refractivity contribution in [3.63, 3.8) is 0 Å². The molecule has 0 aliphatic rings. The molecule has 4 heteroatoms. The van der Waals surface area contributed by atoms with Crippen LogP contribution in [0.4, 0.5) is 5.82 Å². The first kappa shape index (κ1) is 15.3. The lowest BCUT2D eigenvalue weighted by atomic mass is 10.1. The van der Waals surface area contributed by atoms with Gasteiger partial charge in [0.2, 0.25) is 5.88 Å². The fraction of sp³-hybridized carbons (Fsp3) is 0.412. The molecule has 2 rings (SSSR count). The Kier molecular flexibility index (Phi) is 5.55. The summed E-state index contributed by atoms with van der Waals surface area (Å²) in [5.41, 5.74) is 2.22. The Morgan fingerprint density at radius 3 is 2.71 bits per heavy atom. The average Bonchev–Trinajstić information content (AvgIpc) is 2.48. The maximum atomic E-state index is 5.97. The molecule has 0 radical (unpaired) electrons. The van der Waals surface area contributed by atoms with E-state index in [0.29, 0.717) is 5.88 Å². The quantitative estimate of drug-likeness (QED) is 0.821.